The lowest BCUT2D eigenvalue weighted by molar-refractivity contribution is 0.280. The zero-order chi connectivity index (χ0) is 15.6. The molecule has 0 unspecified atom stereocenters. The fourth-order valence-corrected chi connectivity index (χ4v) is 4.45. The van der Waals surface area contributed by atoms with Gasteiger partial charge >= 0.3 is 0 Å². The lowest BCUT2D eigenvalue weighted by Gasteiger charge is -2.13. The van der Waals surface area contributed by atoms with Gasteiger partial charge in [0.05, 0.1) is 17.2 Å². The van der Waals surface area contributed by atoms with E-state index in [1.54, 1.807) is 37.3 Å². The van der Waals surface area contributed by atoms with Crippen molar-refractivity contribution in [2.75, 3.05) is 4.72 Å². The van der Waals surface area contributed by atoms with Crippen molar-refractivity contribution in [2.24, 2.45) is 0 Å². The Labute approximate surface area is 142 Å². The van der Waals surface area contributed by atoms with E-state index in [9.17, 15) is 13.5 Å². The minimum absolute atomic E-state index is 0.153. The van der Waals surface area contributed by atoms with Crippen molar-refractivity contribution in [1.82, 2.24) is 0 Å². The summed E-state index contributed by atoms with van der Waals surface area (Å²) in [6.07, 6.45) is 0. The predicted octanol–water partition coefficient (Wildman–Crippen LogP) is 3.55. The maximum atomic E-state index is 12.5. The molecule has 0 aromatic heterocycles. The summed E-state index contributed by atoms with van der Waals surface area (Å²) < 4.78 is 28.3. The predicted molar refractivity (Wildman–Crippen MR) is 92.1 cm³/mol. The second-order valence-electron chi connectivity index (χ2n) is 4.43. The van der Waals surface area contributed by atoms with Crippen LogP contribution in [0.4, 0.5) is 5.69 Å². The van der Waals surface area contributed by atoms with Crippen molar-refractivity contribution in [3.05, 3.63) is 56.1 Å². The molecule has 0 heterocycles. The highest BCUT2D eigenvalue weighted by molar-refractivity contribution is 14.1. The van der Waals surface area contributed by atoms with Gasteiger partial charge < -0.3 is 5.11 Å². The van der Waals surface area contributed by atoms with E-state index >= 15 is 0 Å². The fraction of sp³-hybridized carbons (Fsp3) is 0.143. The van der Waals surface area contributed by atoms with Gasteiger partial charge in [0.25, 0.3) is 10.0 Å². The monoisotopic (exact) mass is 437 g/mol. The van der Waals surface area contributed by atoms with Crippen LogP contribution in [0.15, 0.2) is 41.3 Å². The Bertz CT molecular complexity index is 778. The Hall–Kier alpha value is -0.830. The standard InChI is InChI=1S/C14H13ClINO3S/c1-9-10(8-18)3-2-4-14(9)21(19,20)17-13-6-5-11(15)7-12(13)16/h2-7,17-18H,8H2,1H3. The average molecular weight is 438 g/mol. The molecule has 0 saturated carbocycles. The third-order valence-corrected chi connectivity index (χ3v) is 5.67. The van der Waals surface area contributed by atoms with Gasteiger partial charge in [0.15, 0.2) is 0 Å². The third kappa shape index (κ3) is 3.68. The number of halogens is 2. The lowest BCUT2D eigenvalue weighted by atomic mass is 10.1. The van der Waals surface area contributed by atoms with E-state index < -0.39 is 10.0 Å². The molecular weight excluding hydrogens is 425 g/mol. The number of sulfonamides is 1. The van der Waals surface area contributed by atoms with Crippen molar-refractivity contribution >= 4 is 49.9 Å². The van der Waals surface area contributed by atoms with Crippen molar-refractivity contribution in [1.29, 1.82) is 0 Å². The van der Waals surface area contributed by atoms with E-state index in [1.807, 2.05) is 22.6 Å². The van der Waals surface area contributed by atoms with Crippen LogP contribution in [0.1, 0.15) is 11.1 Å². The molecule has 112 valence electrons. The van der Waals surface area contributed by atoms with E-state index in [2.05, 4.69) is 4.72 Å². The number of anilines is 1. The van der Waals surface area contributed by atoms with Crippen LogP contribution >= 0.6 is 34.2 Å². The van der Waals surface area contributed by atoms with Crippen molar-refractivity contribution in [3.63, 3.8) is 0 Å². The van der Waals surface area contributed by atoms with E-state index in [0.29, 0.717) is 25.4 Å². The summed E-state index contributed by atoms with van der Waals surface area (Å²) in [5.74, 6) is 0. The molecule has 7 heteroatoms. The van der Waals surface area contributed by atoms with Crippen molar-refractivity contribution < 1.29 is 13.5 Å². The fourth-order valence-electron chi connectivity index (χ4n) is 1.89. The highest BCUT2D eigenvalue weighted by atomic mass is 127. The zero-order valence-corrected chi connectivity index (χ0v) is 14.8. The molecule has 0 aliphatic carbocycles. The van der Waals surface area contributed by atoms with Crippen LogP contribution in [0.2, 0.25) is 5.02 Å². The van der Waals surface area contributed by atoms with Gasteiger partial charge in [-0.05, 0) is 64.9 Å². The summed E-state index contributed by atoms with van der Waals surface area (Å²) in [4.78, 5) is 0.153. The minimum Gasteiger partial charge on any atom is -0.392 e. The largest absolute Gasteiger partial charge is 0.392 e. The molecule has 0 atom stereocenters. The number of benzene rings is 2. The molecule has 0 amide bonds. The Kier molecular flexibility index (Phi) is 5.13. The molecule has 2 N–H and O–H groups in total. The van der Waals surface area contributed by atoms with Crippen LogP contribution in [0.3, 0.4) is 0 Å². The molecule has 0 aliphatic heterocycles. The van der Waals surface area contributed by atoms with Crippen molar-refractivity contribution in [2.45, 2.75) is 18.4 Å². The first kappa shape index (κ1) is 16.5. The van der Waals surface area contributed by atoms with Crippen molar-refractivity contribution in [3.8, 4) is 0 Å². The second-order valence-corrected chi connectivity index (χ2v) is 7.68. The molecule has 21 heavy (non-hydrogen) atoms. The van der Waals surface area contributed by atoms with Gasteiger partial charge in [-0.1, -0.05) is 23.7 Å². The van der Waals surface area contributed by atoms with E-state index in [-0.39, 0.29) is 11.5 Å². The Morgan fingerprint density at radius 2 is 2.00 bits per heavy atom. The molecule has 4 nitrogen and oxygen atoms in total. The minimum atomic E-state index is -3.72. The number of hydrogen-bond acceptors (Lipinski definition) is 3. The molecule has 0 spiro atoms. The van der Waals surface area contributed by atoms with Crippen LogP contribution in [0.25, 0.3) is 0 Å². The first-order valence-corrected chi connectivity index (χ1v) is 8.96. The molecular formula is C14H13ClINO3S. The zero-order valence-electron chi connectivity index (χ0n) is 11.1. The van der Waals surface area contributed by atoms with Crippen LogP contribution < -0.4 is 4.72 Å². The highest BCUT2D eigenvalue weighted by Crippen LogP contribution is 2.26. The first-order valence-electron chi connectivity index (χ1n) is 6.02. The maximum absolute atomic E-state index is 12.5. The summed E-state index contributed by atoms with van der Waals surface area (Å²) in [5, 5.41) is 9.78. The van der Waals surface area contributed by atoms with E-state index in [0.717, 1.165) is 0 Å². The molecule has 0 aliphatic rings. The second kappa shape index (κ2) is 6.51. The third-order valence-electron chi connectivity index (χ3n) is 3.03. The van der Waals surface area contributed by atoms with Crippen LogP contribution in [0, 0.1) is 10.5 Å². The van der Waals surface area contributed by atoms with E-state index in [4.69, 9.17) is 11.6 Å². The summed E-state index contributed by atoms with van der Waals surface area (Å²) >= 11 is 7.88. The lowest BCUT2D eigenvalue weighted by Crippen LogP contribution is -2.15. The summed E-state index contributed by atoms with van der Waals surface area (Å²) in [6, 6.07) is 9.74. The Morgan fingerprint density at radius 1 is 1.29 bits per heavy atom. The SMILES string of the molecule is Cc1c(CO)cccc1S(=O)(=O)Nc1ccc(Cl)cc1I. The quantitative estimate of drug-likeness (QED) is 0.719. The van der Waals surface area contributed by atoms with Gasteiger partial charge in [-0.25, -0.2) is 8.42 Å². The van der Waals surface area contributed by atoms with Crippen LogP contribution in [-0.2, 0) is 16.6 Å². The van der Waals surface area contributed by atoms with Gasteiger partial charge in [-0.15, -0.1) is 0 Å². The van der Waals surface area contributed by atoms with E-state index in [1.165, 1.54) is 6.07 Å². The summed E-state index contributed by atoms with van der Waals surface area (Å²) in [7, 11) is -3.72. The Morgan fingerprint density at radius 3 is 2.62 bits per heavy atom. The molecule has 2 aromatic rings. The Balaban J connectivity index is 2.43. The number of aliphatic hydroxyl groups excluding tert-OH is 1. The molecule has 0 fully saturated rings. The summed E-state index contributed by atoms with van der Waals surface area (Å²) in [6.45, 7) is 1.47. The number of hydrogen-bond donors (Lipinski definition) is 2. The summed E-state index contributed by atoms with van der Waals surface area (Å²) in [5.41, 5.74) is 1.59. The maximum Gasteiger partial charge on any atom is 0.262 e. The number of aliphatic hydroxyl groups is 1. The normalized spacial score (nSPS) is 11.4. The van der Waals surface area contributed by atoms with Crippen LogP contribution in [-0.4, -0.2) is 13.5 Å². The molecule has 2 rings (SSSR count). The van der Waals surface area contributed by atoms with Gasteiger partial charge in [-0.2, -0.15) is 0 Å². The molecule has 0 saturated heterocycles. The van der Waals surface area contributed by atoms with Gasteiger partial charge in [-0.3, -0.25) is 4.72 Å². The van der Waals surface area contributed by atoms with Gasteiger partial charge in [0.2, 0.25) is 0 Å². The topological polar surface area (TPSA) is 66.4 Å². The molecule has 0 radical (unpaired) electrons. The van der Waals surface area contributed by atoms with Gasteiger partial charge in [0.1, 0.15) is 0 Å². The van der Waals surface area contributed by atoms with Crippen LogP contribution in [0.5, 0.6) is 0 Å². The van der Waals surface area contributed by atoms with Gasteiger partial charge in [0, 0.05) is 8.59 Å². The highest BCUT2D eigenvalue weighted by Gasteiger charge is 2.19. The smallest absolute Gasteiger partial charge is 0.262 e. The number of rotatable bonds is 4. The number of nitrogens with one attached hydrogen (secondary N) is 1. The molecule has 2 aromatic carbocycles. The first-order chi connectivity index (χ1) is 9.85. The average Bonchev–Trinajstić information content (AvgIpc) is 2.42. The molecule has 0 bridgehead atoms.